The van der Waals surface area contributed by atoms with Crippen molar-refractivity contribution in [1.82, 2.24) is 9.21 Å². The summed E-state index contributed by atoms with van der Waals surface area (Å²) in [5.41, 5.74) is 3.49. The molecule has 0 spiro atoms. The third-order valence-electron chi connectivity index (χ3n) is 5.40. The van der Waals surface area contributed by atoms with Gasteiger partial charge in [-0.05, 0) is 42.2 Å². The van der Waals surface area contributed by atoms with Gasteiger partial charge in [0, 0.05) is 31.7 Å². The van der Waals surface area contributed by atoms with Crippen LogP contribution in [0.15, 0.2) is 59.5 Å². The molecule has 0 aliphatic carbocycles. The van der Waals surface area contributed by atoms with Gasteiger partial charge in [-0.2, -0.15) is 4.31 Å². The van der Waals surface area contributed by atoms with E-state index in [-0.39, 0.29) is 10.8 Å². The molecular formula is C23H28N2O3S. The molecule has 5 nitrogen and oxygen atoms in total. The van der Waals surface area contributed by atoms with Gasteiger partial charge in [0.25, 0.3) is 5.91 Å². The summed E-state index contributed by atoms with van der Waals surface area (Å²) in [6.45, 7) is 7.33. The molecule has 1 heterocycles. The first-order valence-corrected chi connectivity index (χ1v) is 11.5. The molecule has 1 aliphatic rings. The largest absolute Gasteiger partial charge is 0.335 e. The topological polar surface area (TPSA) is 57.7 Å². The van der Waals surface area contributed by atoms with Crippen LogP contribution in [0.5, 0.6) is 0 Å². The summed E-state index contributed by atoms with van der Waals surface area (Å²) >= 11 is 0. The van der Waals surface area contributed by atoms with Gasteiger partial charge in [-0.1, -0.05) is 56.3 Å². The van der Waals surface area contributed by atoms with Crippen molar-refractivity contribution in [1.29, 1.82) is 0 Å². The number of hydrogen-bond acceptors (Lipinski definition) is 3. The molecule has 0 saturated carbocycles. The molecule has 0 saturated heterocycles. The van der Waals surface area contributed by atoms with Crippen LogP contribution in [0.4, 0.5) is 0 Å². The van der Waals surface area contributed by atoms with E-state index in [0.717, 1.165) is 6.42 Å². The summed E-state index contributed by atoms with van der Waals surface area (Å²) in [6.07, 6.45) is 2.87. The second-order valence-electron chi connectivity index (χ2n) is 7.17. The SMILES string of the molecule is CCN(CC)S(=O)(=O)c1cc(C(=O)N2CC=C(c3ccccc3)CC2)ccc1C. The number of carbonyl (C=O) groups excluding carboxylic acids is 1. The normalized spacial score (nSPS) is 14.8. The molecule has 2 aromatic carbocycles. The lowest BCUT2D eigenvalue weighted by atomic mass is 9.99. The molecule has 0 aromatic heterocycles. The smallest absolute Gasteiger partial charge is 0.254 e. The summed E-state index contributed by atoms with van der Waals surface area (Å²) in [5.74, 6) is -0.135. The molecule has 0 unspecified atom stereocenters. The third-order valence-corrected chi connectivity index (χ3v) is 7.59. The fraction of sp³-hybridized carbons (Fsp3) is 0.348. The van der Waals surface area contributed by atoms with Crippen molar-refractivity contribution in [3.8, 4) is 0 Å². The van der Waals surface area contributed by atoms with Crippen LogP contribution in [-0.4, -0.2) is 49.7 Å². The predicted molar refractivity (Wildman–Crippen MR) is 116 cm³/mol. The quantitative estimate of drug-likeness (QED) is 0.722. The highest BCUT2D eigenvalue weighted by atomic mass is 32.2. The monoisotopic (exact) mass is 412 g/mol. The lowest BCUT2D eigenvalue weighted by Crippen LogP contribution is -2.35. The van der Waals surface area contributed by atoms with Crippen LogP contribution in [0.2, 0.25) is 0 Å². The van der Waals surface area contributed by atoms with Gasteiger partial charge in [-0.3, -0.25) is 4.79 Å². The van der Waals surface area contributed by atoms with Gasteiger partial charge < -0.3 is 4.90 Å². The number of benzene rings is 2. The van der Waals surface area contributed by atoms with Crippen LogP contribution in [0.3, 0.4) is 0 Å². The summed E-state index contributed by atoms with van der Waals surface area (Å²) in [4.78, 5) is 15.0. The van der Waals surface area contributed by atoms with E-state index in [9.17, 15) is 13.2 Å². The lowest BCUT2D eigenvalue weighted by molar-refractivity contribution is 0.0772. The Balaban J connectivity index is 1.83. The second-order valence-corrected chi connectivity index (χ2v) is 9.07. The van der Waals surface area contributed by atoms with E-state index in [4.69, 9.17) is 0 Å². The third kappa shape index (κ3) is 4.43. The van der Waals surface area contributed by atoms with Crippen LogP contribution in [-0.2, 0) is 10.0 Å². The van der Waals surface area contributed by atoms with E-state index < -0.39 is 10.0 Å². The molecule has 0 N–H and O–H groups in total. The minimum Gasteiger partial charge on any atom is -0.335 e. The van der Waals surface area contributed by atoms with E-state index in [1.165, 1.54) is 21.5 Å². The van der Waals surface area contributed by atoms with E-state index >= 15 is 0 Å². The molecule has 0 atom stereocenters. The molecule has 0 radical (unpaired) electrons. The fourth-order valence-corrected chi connectivity index (χ4v) is 5.37. The molecule has 2 aromatic rings. The molecule has 3 rings (SSSR count). The highest BCUT2D eigenvalue weighted by Crippen LogP contribution is 2.25. The standard InChI is InChI=1S/C23H28N2O3S/c1-4-25(5-2)29(27,28)22-17-21(12-11-18(22)3)23(26)24-15-13-20(14-16-24)19-9-7-6-8-10-19/h6-13,17H,4-5,14-16H2,1-3H3. The maximum atomic E-state index is 13.0. The molecular weight excluding hydrogens is 384 g/mol. The number of amides is 1. The van der Waals surface area contributed by atoms with Crippen LogP contribution in [0.1, 0.15) is 41.8 Å². The van der Waals surface area contributed by atoms with E-state index in [1.807, 2.05) is 32.0 Å². The number of sulfonamides is 1. The number of carbonyl (C=O) groups is 1. The first-order chi connectivity index (χ1) is 13.9. The van der Waals surface area contributed by atoms with Crippen LogP contribution in [0, 0.1) is 6.92 Å². The maximum absolute atomic E-state index is 13.0. The first kappa shape index (κ1) is 21.3. The lowest BCUT2D eigenvalue weighted by Gasteiger charge is -2.27. The zero-order valence-electron chi connectivity index (χ0n) is 17.3. The first-order valence-electron chi connectivity index (χ1n) is 10.0. The van der Waals surface area contributed by atoms with Crippen LogP contribution >= 0.6 is 0 Å². The highest BCUT2D eigenvalue weighted by molar-refractivity contribution is 7.89. The van der Waals surface area contributed by atoms with Gasteiger partial charge >= 0.3 is 0 Å². The number of rotatable bonds is 6. The van der Waals surface area contributed by atoms with Gasteiger partial charge in [-0.25, -0.2) is 8.42 Å². The highest BCUT2D eigenvalue weighted by Gasteiger charge is 2.26. The van der Waals surface area contributed by atoms with Gasteiger partial charge in [-0.15, -0.1) is 0 Å². The molecule has 154 valence electrons. The Hall–Kier alpha value is -2.44. The fourth-order valence-electron chi connectivity index (χ4n) is 3.66. The van der Waals surface area contributed by atoms with Crippen LogP contribution < -0.4 is 0 Å². The zero-order valence-corrected chi connectivity index (χ0v) is 18.1. The number of aryl methyl sites for hydroxylation is 1. The second kappa shape index (κ2) is 8.93. The van der Waals surface area contributed by atoms with Gasteiger partial charge in [0.1, 0.15) is 0 Å². The molecule has 29 heavy (non-hydrogen) atoms. The number of nitrogens with zero attached hydrogens (tertiary/aromatic N) is 2. The van der Waals surface area contributed by atoms with E-state index in [1.54, 1.807) is 24.0 Å². The minimum absolute atomic E-state index is 0.135. The van der Waals surface area contributed by atoms with Crippen molar-refractivity contribution >= 4 is 21.5 Å². The molecule has 0 fully saturated rings. The molecule has 1 aliphatic heterocycles. The Labute approximate surface area is 173 Å². The van der Waals surface area contributed by atoms with Crippen molar-refractivity contribution in [3.63, 3.8) is 0 Å². The summed E-state index contributed by atoms with van der Waals surface area (Å²) in [5, 5.41) is 0. The van der Waals surface area contributed by atoms with Gasteiger partial charge in [0.2, 0.25) is 10.0 Å². The summed E-state index contributed by atoms with van der Waals surface area (Å²) < 4.78 is 27.3. The molecule has 1 amide bonds. The van der Waals surface area contributed by atoms with Crippen LogP contribution in [0.25, 0.3) is 5.57 Å². The van der Waals surface area contributed by atoms with Crippen molar-refractivity contribution in [2.75, 3.05) is 26.2 Å². The molecule has 6 heteroatoms. The Kier molecular flexibility index (Phi) is 6.55. The maximum Gasteiger partial charge on any atom is 0.254 e. The Morgan fingerprint density at radius 2 is 1.76 bits per heavy atom. The van der Waals surface area contributed by atoms with E-state index in [2.05, 4.69) is 18.2 Å². The average Bonchev–Trinajstić information content (AvgIpc) is 2.75. The average molecular weight is 413 g/mol. The van der Waals surface area contributed by atoms with Crippen molar-refractivity contribution in [3.05, 3.63) is 71.3 Å². The van der Waals surface area contributed by atoms with Gasteiger partial charge in [0.15, 0.2) is 0 Å². The van der Waals surface area contributed by atoms with Crippen molar-refractivity contribution in [2.24, 2.45) is 0 Å². The minimum atomic E-state index is -3.61. The van der Waals surface area contributed by atoms with Crippen molar-refractivity contribution < 1.29 is 13.2 Å². The predicted octanol–water partition coefficient (Wildman–Crippen LogP) is 3.96. The summed E-state index contributed by atoms with van der Waals surface area (Å²) in [6, 6.07) is 15.1. The zero-order chi connectivity index (χ0) is 21.0. The number of hydrogen-bond donors (Lipinski definition) is 0. The van der Waals surface area contributed by atoms with Gasteiger partial charge in [0.05, 0.1) is 4.90 Å². The van der Waals surface area contributed by atoms with Crippen molar-refractivity contribution in [2.45, 2.75) is 32.1 Å². The summed E-state index contributed by atoms with van der Waals surface area (Å²) in [7, 11) is -3.61. The Morgan fingerprint density at radius 1 is 1.07 bits per heavy atom. The van der Waals surface area contributed by atoms with E-state index in [0.29, 0.717) is 37.3 Å². The Bertz CT molecular complexity index is 1010. The Morgan fingerprint density at radius 3 is 2.34 bits per heavy atom. The molecule has 0 bridgehead atoms.